The molecule has 1 unspecified atom stereocenters. The summed E-state index contributed by atoms with van der Waals surface area (Å²) in [6.45, 7) is 1.13. The van der Waals surface area contributed by atoms with Crippen LogP contribution < -0.4 is 19.5 Å². The molecule has 1 rings (SSSR count). The van der Waals surface area contributed by atoms with E-state index < -0.39 is 16.1 Å². The number of benzene rings is 1. The average molecular weight is 318 g/mol. The molecule has 0 amide bonds. The topological polar surface area (TPSA) is 96.9 Å². The minimum Gasteiger partial charge on any atom is -0.493 e. The van der Waals surface area contributed by atoms with Crippen LogP contribution in [0.4, 0.5) is 0 Å². The van der Waals surface area contributed by atoms with Gasteiger partial charge in [0.05, 0.1) is 13.4 Å². The van der Waals surface area contributed by atoms with E-state index in [1.165, 1.54) is 0 Å². The lowest BCUT2D eigenvalue weighted by molar-refractivity contribution is 0.105. The van der Waals surface area contributed by atoms with Crippen LogP contribution >= 0.6 is 0 Å². The number of sulfonamides is 1. The number of rotatable bonds is 10. The second kappa shape index (κ2) is 8.83. The average Bonchev–Trinajstić information content (AvgIpc) is 2.43. The normalized spacial score (nSPS) is 12.9. The Morgan fingerprint density at radius 2 is 1.90 bits per heavy atom. The molecular formula is C13H22N2O5S. The van der Waals surface area contributed by atoms with Gasteiger partial charge in [-0.05, 0) is 12.1 Å². The first-order chi connectivity index (χ1) is 9.92. The first kappa shape index (κ1) is 17.7. The van der Waals surface area contributed by atoms with Crippen molar-refractivity contribution in [2.24, 2.45) is 0 Å². The van der Waals surface area contributed by atoms with Crippen molar-refractivity contribution in [1.29, 1.82) is 0 Å². The van der Waals surface area contributed by atoms with Crippen molar-refractivity contribution in [3.8, 4) is 11.5 Å². The summed E-state index contributed by atoms with van der Waals surface area (Å²) in [5.41, 5.74) is 0. The summed E-state index contributed by atoms with van der Waals surface area (Å²) >= 11 is 0. The fraction of sp³-hybridized carbons (Fsp3) is 0.538. The number of methoxy groups -OCH3 is 1. The van der Waals surface area contributed by atoms with E-state index in [4.69, 9.17) is 9.47 Å². The maximum absolute atomic E-state index is 10.8. The molecule has 0 fully saturated rings. The van der Waals surface area contributed by atoms with Crippen LogP contribution in [0.1, 0.15) is 0 Å². The summed E-state index contributed by atoms with van der Waals surface area (Å²) in [4.78, 5) is 0. The van der Waals surface area contributed by atoms with Gasteiger partial charge < -0.3 is 19.9 Å². The maximum atomic E-state index is 10.8. The predicted octanol–water partition coefficient (Wildman–Crippen LogP) is -0.426. The van der Waals surface area contributed by atoms with Gasteiger partial charge in [-0.15, -0.1) is 0 Å². The summed E-state index contributed by atoms with van der Waals surface area (Å²) in [5, 5.41) is 12.7. The van der Waals surface area contributed by atoms with Crippen molar-refractivity contribution in [2.45, 2.75) is 6.10 Å². The van der Waals surface area contributed by atoms with Crippen molar-refractivity contribution >= 4 is 10.0 Å². The molecule has 120 valence electrons. The van der Waals surface area contributed by atoms with E-state index >= 15 is 0 Å². The van der Waals surface area contributed by atoms with Gasteiger partial charge in [0, 0.05) is 19.6 Å². The first-order valence-electron chi connectivity index (χ1n) is 6.51. The molecule has 0 aromatic heterocycles. The highest BCUT2D eigenvalue weighted by molar-refractivity contribution is 7.88. The number of aliphatic hydroxyl groups excluding tert-OH is 1. The molecule has 1 aromatic rings. The highest BCUT2D eigenvalue weighted by Crippen LogP contribution is 2.25. The van der Waals surface area contributed by atoms with Crippen LogP contribution in [0.25, 0.3) is 0 Å². The molecule has 3 N–H and O–H groups in total. The van der Waals surface area contributed by atoms with Gasteiger partial charge in [-0.25, -0.2) is 13.1 Å². The highest BCUT2D eigenvalue weighted by atomic mass is 32.2. The Hall–Kier alpha value is -1.35. The number of para-hydroxylation sites is 2. The van der Waals surface area contributed by atoms with Crippen molar-refractivity contribution in [2.75, 3.05) is 39.6 Å². The van der Waals surface area contributed by atoms with Crippen molar-refractivity contribution in [3.05, 3.63) is 24.3 Å². The van der Waals surface area contributed by atoms with Crippen LogP contribution in [0.5, 0.6) is 11.5 Å². The number of ether oxygens (including phenoxy) is 2. The monoisotopic (exact) mass is 318 g/mol. The Balaban J connectivity index is 2.21. The van der Waals surface area contributed by atoms with Gasteiger partial charge in [0.25, 0.3) is 0 Å². The molecule has 21 heavy (non-hydrogen) atoms. The van der Waals surface area contributed by atoms with Gasteiger partial charge in [0.15, 0.2) is 11.5 Å². The lowest BCUT2D eigenvalue weighted by Gasteiger charge is -2.15. The Labute approximate surface area is 125 Å². The molecule has 0 aliphatic heterocycles. The number of hydrogen-bond donors (Lipinski definition) is 3. The van der Waals surface area contributed by atoms with Gasteiger partial charge in [0.2, 0.25) is 10.0 Å². The van der Waals surface area contributed by atoms with E-state index in [-0.39, 0.29) is 13.2 Å². The second-order valence-corrected chi connectivity index (χ2v) is 6.32. The molecule has 0 bridgehead atoms. The molecular weight excluding hydrogens is 296 g/mol. The van der Waals surface area contributed by atoms with Gasteiger partial charge in [-0.3, -0.25) is 0 Å². The van der Waals surface area contributed by atoms with Gasteiger partial charge in [-0.1, -0.05) is 12.1 Å². The number of nitrogens with one attached hydrogen (secondary N) is 2. The van der Waals surface area contributed by atoms with Crippen LogP contribution in [0, 0.1) is 0 Å². The van der Waals surface area contributed by atoms with E-state index in [9.17, 15) is 13.5 Å². The zero-order chi connectivity index (χ0) is 15.7. The van der Waals surface area contributed by atoms with Crippen molar-refractivity contribution < 1.29 is 23.0 Å². The van der Waals surface area contributed by atoms with Crippen LogP contribution in [-0.2, 0) is 10.0 Å². The quantitative estimate of drug-likeness (QED) is 0.507. The molecule has 0 aliphatic carbocycles. The molecule has 0 saturated heterocycles. The van der Waals surface area contributed by atoms with Gasteiger partial charge in [0.1, 0.15) is 12.7 Å². The van der Waals surface area contributed by atoms with E-state index in [1.807, 2.05) is 12.1 Å². The summed E-state index contributed by atoms with van der Waals surface area (Å²) in [6, 6.07) is 7.18. The van der Waals surface area contributed by atoms with Gasteiger partial charge >= 0.3 is 0 Å². The second-order valence-electron chi connectivity index (χ2n) is 4.49. The zero-order valence-electron chi connectivity index (χ0n) is 12.2. The minimum atomic E-state index is -3.17. The van der Waals surface area contributed by atoms with E-state index in [0.717, 1.165) is 6.26 Å². The Kier molecular flexibility index (Phi) is 7.44. The fourth-order valence-electron chi connectivity index (χ4n) is 1.58. The number of hydrogen-bond acceptors (Lipinski definition) is 6. The fourth-order valence-corrected chi connectivity index (χ4v) is 2.05. The van der Waals surface area contributed by atoms with Crippen molar-refractivity contribution in [1.82, 2.24) is 10.0 Å². The van der Waals surface area contributed by atoms with E-state index in [0.29, 0.717) is 24.6 Å². The molecule has 8 heteroatoms. The molecule has 0 radical (unpaired) electrons. The Bertz CT molecular complexity index is 521. The third kappa shape index (κ3) is 7.86. The lowest BCUT2D eigenvalue weighted by Crippen LogP contribution is -2.36. The first-order valence-corrected chi connectivity index (χ1v) is 8.40. The molecule has 1 atom stereocenters. The maximum Gasteiger partial charge on any atom is 0.208 e. The van der Waals surface area contributed by atoms with Crippen LogP contribution in [0.2, 0.25) is 0 Å². The lowest BCUT2D eigenvalue weighted by atomic mass is 10.3. The van der Waals surface area contributed by atoms with Crippen LogP contribution in [-0.4, -0.2) is 59.2 Å². The van der Waals surface area contributed by atoms with E-state index in [2.05, 4.69) is 10.0 Å². The minimum absolute atomic E-state index is 0.118. The standard InChI is InChI=1S/C13H22N2O5S/c1-19-12-5-3-4-6-13(12)20-10-11(16)9-14-7-8-15-21(2,17)18/h3-6,11,14-16H,7-10H2,1-2H3. The molecule has 0 aliphatic rings. The van der Waals surface area contributed by atoms with Crippen molar-refractivity contribution in [3.63, 3.8) is 0 Å². The Morgan fingerprint density at radius 3 is 2.52 bits per heavy atom. The highest BCUT2D eigenvalue weighted by Gasteiger charge is 2.08. The van der Waals surface area contributed by atoms with Crippen LogP contribution in [0.15, 0.2) is 24.3 Å². The molecule has 0 heterocycles. The summed E-state index contributed by atoms with van der Waals surface area (Å²) in [5.74, 6) is 1.17. The zero-order valence-corrected chi connectivity index (χ0v) is 13.0. The summed E-state index contributed by atoms with van der Waals surface area (Å²) in [6.07, 6.45) is 0.399. The molecule has 0 saturated carbocycles. The largest absolute Gasteiger partial charge is 0.493 e. The summed E-state index contributed by atoms with van der Waals surface area (Å²) in [7, 11) is -1.62. The SMILES string of the molecule is COc1ccccc1OCC(O)CNCCNS(C)(=O)=O. The molecule has 0 spiro atoms. The molecule has 7 nitrogen and oxygen atoms in total. The smallest absolute Gasteiger partial charge is 0.208 e. The van der Waals surface area contributed by atoms with E-state index in [1.54, 1.807) is 19.2 Å². The third-order valence-electron chi connectivity index (χ3n) is 2.55. The van der Waals surface area contributed by atoms with Gasteiger partial charge in [-0.2, -0.15) is 0 Å². The predicted molar refractivity (Wildman–Crippen MR) is 80.2 cm³/mol. The molecule has 1 aromatic carbocycles. The summed E-state index contributed by atoms with van der Waals surface area (Å²) < 4.78 is 34.6. The third-order valence-corrected chi connectivity index (χ3v) is 3.27. The van der Waals surface area contributed by atoms with Crippen LogP contribution in [0.3, 0.4) is 0 Å². The number of aliphatic hydroxyl groups is 1. The Morgan fingerprint density at radius 1 is 1.24 bits per heavy atom.